The molecule has 6 heteroatoms. The quantitative estimate of drug-likeness (QED) is 0.534. The number of ether oxygens (including phenoxy) is 3. The molecule has 0 radical (unpaired) electrons. The van der Waals surface area contributed by atoms with Gasteiger partial charge in [0.15, 0.2) is 6.29 Å². The van der Waals surface area contributed by atoms with Crippen molar-refractivity contribution in [2.45, 2.75) is 64.4 Å². The summed E-state index contributed by atoms with van der Waals surface area (Å²) in [5.74, 6) is 1.90. The van der Waals surface area contributed by atoms with Crippen LogP contribution in [-0.4, -0.2) is 51.0 Å². The van der Waals surface area contributed by atoms with Crippen molar-refractivity contribution >= 4 is 7.12 Å². The molecule has 0 aromatic rings. The molecule has 0 aromatic heterocycles. The van der Waals surface area contributed by atoms with Crippen molar-refractivity contribution in [3.63, 3.8) is 0 Å². The van der Waals surface area contributed by atoms with Gasteiger partial charge in [-0.05, 0) is 47.0 Å². The molecule has 0 bridgehead atoms. The molecular formula is C16H29BO5. The molecule has 2 rings (SSSR count). The molecule has 1 atom stereocenters. The highest BCUT2D eigenvalue weighted by atomic mass is 16.7. The second-order valence-corrected chi connectivity index (χ2v) is 6.79. The largest absolute Gasteiger partial charge is 0.486 e. The molecular weight excluding hydrogens is 283 g/mol. The first kappa shape index (κ1) is 18.0. The lowest BCUT2D eigenvalue weighted by Gasteiger charge is -2.32. The fourth-order valence-corrected chi connectivity index (χ4v) is 2.37. The molecule has 126 valence electrons. The lowest BCUT2D eigenvalue weighted by atomic mass is 9.90. The van der Waals surface area contributed by atoms with Crippen LogP contribution in [0.4, 0.5) is 0 Å². The lowest BCUT2D eigenvalue weighted by Crippen LogP contribution is -2.41. The smallest absolute Gasteiger partial charge is 0.400 e. The predicted octanol–water partition coefficient (Wildman–Crippen LogP) is 2.73. The van der Waals surface area contributed by atoms with Crippen LogP contribution in [0.5, 0.6) is 0 Å². The Morgan fingerprint density at radius 3 is 2.45 bits per heavy atom. The van der Waals surface area contributed by atoms with Gasteiger partial charge in [0.25, 0.3) is 0 Å². The Bertz CT molecular complexity index is 348. The van der Waals surface area contributed by atoms with E-state index in [0.717, 1.165) is 19.4 Å². The van der Waals surface area contributed by atoms with Crippen molar-refractivity contribution in [1.82, 2.24) is 0 Å². The minimum Gasteiger partial charge on any atom is -0.400 e. The Labute approximate surface area is 134 Å². The zero-order valence-corrected chi connectivity index (χ0v) is 14.3. The second-order valence-electron chi connectivity index (χ2n) is 6.79. The van der Waals surface area contributed by atoms with E-state index in [9.17, 15) is 0 Å². The number of hydrogen-bond acceptors (Lipinski definition) is 5. The highest BCUT2D eigenvalue weighted by Gasteiger charge is 2.49. The summed E-state index contributed by atoms with van der Waals surface area (Å²) in [5.41, 5.74) is -0.590. The molecule has 1 unspecified atom stereocenters. The molecule has 2 fully saturated rings. The zero-order valence-electron chi connectivity index (χ0n) is 14.3. The van der Waals surface area contributed by atoms with E-state index in [1.807, 2.05) is 39.7 Å². The summed E-state index contributed by atoms with van der Waals surface area (Å²) in [4.78, 5) is 0. The van der Waals surface area contributed by atoms with Gasteiger partial charge >= 0.3 is 7.12 Å². The van der Waals surface area contributed by atoms with Crippen molar-refractivity contribution in [2.75, 3.05) is 26.4 Å². The minimum absolute atomic E-state index is 0.0438. The van der Waals surface area contributed by atoms with Gasteiger partial charge in [0, 0.05) is 6.61 Å². The zero-order chi connectivity index (χ0) is 16.1. The van der Waals surface area contributed by atoms with Crippen molar-refractivity contribution in [1.29, 1.82) is 0 Å². The molecule has 5 nitrogen and oxygen atoms in total. The van der Waals surface area contributed by atoms with E-state index in [0.29, 0.717) is 19.8 Å². The summed E-state index contributed by atoms with van der Waals surface area (Å²) in [6.07, 6.45) is 5.20. The molecule has 0 N–H and O–H groups in total. The summed E-state index contributed by atoms with van der Waals surface area (Å²) in [5, 5.41) is 0. The Hall–Kier alpha value is -0.395. The Morgan fingerprint density at radius 1 is 1.09 bits per heavy atom. The first-order chi connectivity index (χ1) is 10.4. The van der Waals surface area contributed by atoms with Crippen LogP contribution in [0, 0.1) is 0 Å². The Balaban J connectivity index is 1.53. The number of hydrogen-bond donors (Lipinski definition) is 0. The van der Waals surface area contributed by atoms with Gasteiger partial charge in [0.1, 0.15) is 0 Å². The van der Waals surface area contributed by atoms with Gasteiger partial charge in [0.05, 0.1) is 31.0 Å². The van der Waals surface area contributed by atoms with Crippen LogP contribution in [0.1, 0.15) is 47.0 Å². The van der Waals surface area contributed by atoms with Crippen molar-refractivity contribution in [2.24, 2.45) is 0 Å². The average Bonchev–Trinajstić information content (AvgIpc) is 2.67. The molecule has 0 aromatic carbocycles. The third-order valence-corrected chi connectivity index (χ3v) is 4.45. The monoisotopic (exact) mass is 312 g/mol. The molecule has 0 spiro atoms. The van der Waals surface area contributed by atoms with Gasteiger partial charge < -0.3 is 23.5 Å². The van der Waals surface area contributed by atoms with Crippen LogP contribution >= 0.6 is 0 Å². The van der Waals surface area contributed by atoms with Crippen LogP contribution < -0.4 is 0 Å². The van der Waals surface area contributed by atoms with Crippen LogP contribution in [0.25, 0.3) is 0 Å². The maximum absolute atomic E-state index is 5.87. The van der Waals surface area contributed by atoms with Gasteiger partial charge in [-0.3, -0.25) is 0 Å². The SMILES string of the molecule is CC1(C)OB(/C=C/COCCOC2CCCCO2)OC1(C)C. The average molecular weight is 312 g/mol. The van der Waals surface area contributed by atoms with Crippen molar-refractivity contribution in [3.8, 4) is 0 Å². The van der Waals surface area contributed by atoms with Gasteiger partial charge in [-0.15, -0.1) is 0 Å². The van der Waals surface area contributed by atoms with Gasteiger partial charge in [-0.25, -0.2) is 0 Å². The number of rotatable bonds is 7. The first-order valence-corrected chi connectivity index (χ1v) is 8.24. The van der Waals surface area contributed by atoms with E-state index in [1.54, 1.807) is 0 Å². The highest BCUT2D eigenvalue weighted by molar-refractivity contribution is 6.51. The standard InChI is InChI=1S/C16H29BO5/c1-15(2)16(3,4)22-17(21-15)9-7-10-18-12-13-20-14-8-5-6-11-19-14/h7,9,14H,5-6,8,10-13H2,1-4H3/b9-7+. The topological polar surface area (TPSA) is 46.2 Å². The first-order valence-electron chi connectivity index (χ1n) is 8.24. The Morgan fingerprint density at radius 2 is 1.82 bits per heavy atom. The molecule has 2 saturated heterocycles. The van der Waals surface area contributed by atoms with E-state index < -0.39 is 0 Å². The fourth-order valence-electron chi connectivity index (χ4n) is 2.37. The summed E-state index contributed by atoms with van der Waals surface area (Å²) >= 11 is 0. The van der Waals surface area contributed by atoms with E-state index in [1.165, 1.54) is 6.42 Å². The molecule has 22 heavy (non-hydrogen) atoms. The van der Waals surface area contributed by atoms with Crippen molar-refractivity contribution in [3.05, 3.63) is 12.1 Å². The van der Waals surface area contributed by atoms with E-state index in [4.69, 9.17) is 23.5 Å². The van der Waals surface area contributed by atoms with Crippen molar-refractivity contribution < 1.29 is 23.5 Å². The van der Waals surface area contributed by atoms with Crippen LogP contribution in [0.3, 0.4) is 0 Å². The van der Waals surface area contributed by atoms with Gasteiger partial charge in [-0.2, -0.15) is 0 Å². The van der Waals surface area contributed by atoms with E-state index >= 15 is 0 Å². The molecule has 0 amide bonds. The third-order valence-electron chi connectivity index (χ3n) is 4.45. The normalized spacial score (nSPS) is 27.6. The molecule has 0 saturated carbocycles. The van der Waals surface area contributed by atoms with Gasteiger partial charge in [-0.1, -0.05) is 12.1 Å². The third kappa shape index (κ3) is 5.06. The molecule has 2 heterocycles. The van der Waals surface area contributed by atoms with E-state index in [-0.39, 0.29) is 24.6 Å². The molecule has 2 aliphatic heterocycles. The molecule has 0 aliphatic carbocycles. The Kier molecular flexibility index (Phi) is 6.47. The summed E-state index contributed by atoms with van der Waals surface area (Å²) in [6, 6.07) is 0. The maximum Gasteiger partial charge on any atom is 0.486 e. The van der Waals surface area contributed by atoms with Gasteiger partial charge in [0.2, 0.25) is 0 Å². The maximum atomic E-state index is 5.87. The fraction of sp³-hybridized carbons (Fsp3) is 0.875. The van der Waals surface area contributed by atoms with Crippen LogP contribution in [-0.2, 0) is 23.5 Å². The highest BCUT2D eigenvalue weighted by Crippen LogP contribution is 2.36. The second kappa shape index (κ2) is 7.93. The van der Waals surface area contributed by atoms with Crippen LogP contribution in [0.2, 0.25) is 0 Å². The summed E-state index contributed by atoms with van der Waals surface area (Å²) < 4.78 is 28.3. The van der Waals surface area contributed by atoms with Crippen LogP contribution in [0.15, 0.2) is 12.1 Å². The summed E-state index contributed by atoms with van der Waals surface area (Å²) in [7, 11) is -0.305. The molecule has 2 aliphatic rings. The predicted molar refractivity (Wildman–Crippen MR) is 85.6 cm³/mol. The lowest BCUT2D eigenvalue weighted by molar-refractivity contribution is -0.168. The minimum atomic E-state index is -0.305. The van der Waals surface area contributed by atoms with E-state index in [2.05, 4.69) is 0 Å². The summed E-state index contributed by atoms with van der Waals surface area (Å²) in [6.45, 7) is 10.6.